The smallest absolute Gasteiger partial charge is 0.335 e. The molecule has 0 aromatic heterocycles. The zero-order chi connectivity index (χ0) is 16.4. The molecule has 0 fully saturated rings. The lowest BCUT2D eigenvalue weighted by atomic mass is 9.98. The lowest BCUT2D eigenvalue weighted by molar-refractivity contribution is 0.0697. The highest BCUT2D eigenvalue weighted by Gasteiger charge is 2.21. The van der Waals surface area contributed by atoms with Crippen molar-refractivity contribution in [1.29, 1.82) is 0 Å². The molecule has 23 heavy (non-hydrogen) atoms. The molecule has 0 spiro atoms. The van der Waals surface area contributed by atoms with Gasteiger partial charge >= 0.3 is 5.97 Å². The van der Waals surface area contributed by atoms with Crippen LogP contribution in [0.1, 0.15) is 27.9 Å². The maximum atomic E-state index is 12.5. The summed E-state index contributed by atoms with van der Waals surface area (Å²) < 4.78 is 27.5. The molecule has 0 heterocycles. The lowest BCUT2D eigenvalue weighted by Gasteiger charge is -2.17. The number of anilines is 1. The first kappa shape index (κ1) is 15.3. The SMILES string of the molecule is O=C(O)c1ccc(NS(=O)(=O)C2=Cc3ccccc3CC2)cc1. The second-order valence-corrected chi connectivity index (χ2v) is 7.03. The van der Waals surface area contributed by atoms with Crippen molar-refractivity contribution in [2.24, 2.45) is 0 Å². The van der Waals surface area contributed by atoms with Gasteiger partial charge in [-0.15, -0.1) is 0 Å². The number of nitrogens with one attached hydrogen (secondary N) is 1. The van der Waals surface area contributed by atoms with Crippen LogP contribution in [-0.2, 0) is 16.4 Å². The molecule has 0 unspecified atom stereocenters. The number of aryl methyl sites for hydroxylation is 1. The van der Waals surface area contributed by atoms with Crippen LogP contribution in [0.2, 0.25) is 0 Å². The van der Waals surface area contributed by atoms with Gasteiger partial charge in [0, 0.05) is 5.69 Å². The first-order chi connectivity index (χ1) is 11.0. The summed E-state index contributed by atoms with van der Waals surface area (Å²) in [6.45, 7) is 0. The van der Waals surface area contributed by atoms with Gasteiger partial charge in [0.05, 0.1) is 10.5 Å². The summed E-state index contributed by atoms with van der Waals surface area (Å²) in [6, 6.07) is 13.3. The molecule has 3 rings (SSSR count). The number of benzene rings is 2. The summed E-state index contributed by atoms with van der Waals surface area (Å²) in [5.74, 6) is -1.05. The Hall–Kier alpha value is -2.60. The quantitative estimate of drug-likeness (QED) is 0.903. The second-order valence-electron chi connectivity index (χ2n) is 5.30. The van der Waals surface area contributed by atoms with E-state index in [1.54, 1.807) is 6.08 Å². The average Bonchev–Trinajstić information content (AvgIpc) is 2.54. The van der Waals surface area contributed by atoms with Crippen LogP contribution in [0.5, 0.6) is 0 Å². The van der Waals surface area contributed by atoms with Crippen molar-refractivity contribution in [2.45, 2.75) is 12.8 Å². The number of hydrogen-bond acceptors (Lipinski definition) is 3. The maximum absolute atomic E-state index is 12.5. The second kappa shape index (κ2) is 5.89. The molecule has 118 valence electrons. The van der Waals surface area contributed by atoms with Crippen LogP contribution in [0.15, 0.2) is 53.4 Å². The molecule has 0 saturated carbocycles. The minimum atomic E-state index is -3.65. The van der Waals surface area contributed by atoms with E-state index < -0.39 is 16.0 Å². The van der Waals surface area contributed by atoms with Crippen LogP contribution in [0.25, 0.3) is 6.08 Å². The van der Waals surface area contributed by atoms with Crippen LogP contribution in [-0.4, -0.2) is 19.5 Å². The van der Waals surface area contributed by atoms with Gasteiger partial charge in [-0.1, -0.05) is 24.3 Å². The Morgan fingerprint density at radius 2 is 1.70 bits per heavy atom. The fraction of sp³-hybridized carbons (Fsp3) is 0.118. The van der Waals surface area contributed by atoms with Crippen LogP contribution >= 0.6 is 0 Å². The summed E-state index contributed by atoms with van der Waals surface area (Å²) in [7, 11) is -3.65. The van der Waals surface area contributed by atoms with E-state index in [0.29, 0.717) is 23.4 Å². The van der Waals surface area contributed by atoms with Crippen molar-refractivity contribution in [3.05, 3.63) is 70.1 Å². The van der Waals surface area contributed by atoms with E-state index in [1.807, 2.05) is 24.3 Å². The van der Waals surface area contributed by atoms with Gasteiger partial charge in [-0.3, -0.25) is 4.72 Å². The predicted molar refractivity (Wildman–Crippen MR) is 88.7 cm³/mol. The summed E-state index contributed by atoms with van der Waals surface area (Å²) in [5, 5.41) is 8.86. The number of rotatable bonds is 4. The van der Waals surface area contributed by atoms with E-state index in [0.717, 1.165) is 11.1 Å². The Balaban J connectivity index is 1.85. The molecule has 1 aliphatic carbocycles. The number of carboxylic acid groups (broad SMARTS) is 1. The number of aromatic carboxylic acids is 1. The van der Waals surface area contributed by atoms with E-state index >= 15 is 0 Å². The van der Waals surface area contributed by atoms with Crippen molar-refractivity contribution in [3.63, 3.8) is 0 Å². The van der Waals surface area contributed by atoms with Gasteiger partial charge in [0.2, 0.25) is 0 Å². The van der Waals surface area contributed by atoms with Gasteiger partial charge in [-0.2, -0.15) is 0 Å². The fourth-order valence-corrected chi connectivity index (χ4v) is 3.75. The molecule has 2 aromatic rings. The third-order valence-corrected chi connectivity index (χ3v) is 5.26. The van der Waals surface area contributed by atoms with Crippen molar-refractivity contribution in [3.8, 4) is 0 Å². The monoisotopic (exact) mass is 329 g/mol. The Morgan fingerprint density at radius 1 is 1.00 bits per heavy atom. The first-order valence-corrected chi connectivity index (χ1v) is 8.59. The Morgan fingerprint density at radius 3 is 2.39 bits per heavy atom. The molecule has 2 N–H and O–H groups in total. The largest absolute Gasteiger partial charge is 0.478 e. The molecule has 0 amide bonds. The maximum Gasteiger partial charge on any atom is 0.335 e. The third-order valence-electron chi connectivity index (χ3n) is 3.74. The van der Waals surface area contributed by atoms with Crippen molar-refractivity contribution >= 4 is 27.8 Å². The standard InChI is InChI=1S/C17H15NO4S/c19-17(20)13-5-8-15(9-6-13)18-23(21,22)16-10-7-12-3-1-2-4-14(12)11-16/h1-6,8-9,11,18H,7,10H2,(H,19,20). The van der Waals surface area contributed by atoms with Crippen molar-refractivity contribution < 1.29 is 18.3 Å². The van der Waals surface area contributed by atoms with Crippen molar-refractivity contribution in [1.82, 2.24) is 0 Å². The molecule has 0 atom stereocenters. The van der Waals surface area contributed by atoms with Crippen LogP contribution in [0, 0.1) is 0 Å². The van der Waals surface area contributed by atoms with Gasteiger partial charge < -0.3 is 5.11 Å². The molecule has 2 aromatic carbocycles. The van der Waals surface area contributed by atoms with Gasteiger partial charge in [0.1, 0.15) is 0 Å². The lowest BCUT2D eigenvalue weighted by Crippen LogP contribution is -2.17. The zero-order valence-corrected chi connectivity index (χ0v) is 13.0. The molecule has 5 nitrogen and oxygen atoms in total. The molecule has 0 radical (unpaired) electrons. The Labute approximate surface area is 134 Å². The summed E-state index contributed by atoms with van der Waals surface area (Å²) in [5.41, 5.74) is 2.51. The highest BCUT2D eigenvalue weighted by Crippen LogP contribution is 2.28. The Bertz CT molecular complexity index is 883. The average molecular weight is 329 g/mol. The van der Waals surface area contributed by atoms with Gasteiger partial charge in [-0.05, 0) is 54.3 Å². The van der Waals surface area contributed by atoms with E-state index in [-0.39, 0.29) is 5.56 Å². The zero-order valence-electron chi connectivity index (χ0n) is 12.2. The molecule has 1 aliphatic rings. The van der Waals surface area contributed by atoms with Crippen LogP contribution in [0.3, 0.4) is 0 Å². The van der Waals surface area contributed by atoms with Gasteiger partial charge in [-0.25, -0.2) is 13.2 Å². The van der Waals surface area contributed by atoms with Gasteiger partial charge in [0.15, 0.2) is 0 Å². The molecular formula is C17H15NO4S. The van der Waals surface area contributed by atoms with E-state index in [2.05, 4.69) is 4.72 Å². The number of sulfonamides is 1. The number of allylic oxidation sites excluding steroid dienone is 1. The highest BCUT2D eigenvalue weighted by atomic mass is 32.2. The topological polar surface area (TPSA) is 83.5 Å². The molecule has 0 aliphatic heterocycles. The number of carboxylic acids is 1. The summed E-state index contributed by atoms with van der Waals surface area (Å²) >= 11 is 0. The minimum Gasteiger partial charge on any atom is -0.478 e. The molecule has 0 bridgehead atoms. The Kier molecular flexibility index (Phi) is 3.92. The molecule has 0 saturated heterocycles. The normalized spacial score (nSPS) is 13.8. The minimum absolute atomic E-state index is 0.110. The fourth-order valence-electron chi connectivity index (χ4n) is 2.52. The number of hydrogen-bond donors (Lipinski definition) is 2. The first-order valence-electron chi connectivity index (χ1n) is 7.10. The summed E-state index contributed by atoms with van der Waals surface area (Å²) in [4.78, 5) is 11.1. The molecule has 6 heteroatoms. The predicted octanol–water partition coefficient (Wildman–Crippen LogP) is 3.11. The van der Waals surface area contributed by atoms with Crippen molar-refractivity contribution in [2.75, 3.05) is 4.72 Å². The number of fused-ring (bicyclic) bond motifs is 1. The molecular weight excluding hydrogens is 314 g/mol. The van der Waals surface area contributed by atoms with Crippen LogP contribution < -0.4 is 4.72 Å². The van der Waals surface area contributed by atoms with E-state index in [9.17, 15) is 13.2 Å². The third kappa shape index (κ3) is 3.27. The van der Waals surface area contributed by atoms with E-state index in [4.69, 9.17) is 5.11 Å². The van der Waals surface area contributed by atoms with Crippen LogP contribution in [0.4, 0.5) is 5.69 Å². The summed E-state index contributed by atoms with van der Waals surface area (Å²) in [6.07, 6.45) is 2.81. The van der Waals surface area contributed by atoms with Gasteiger partial charge in [0.25, 0.3) is 10.0 Å². The number of carbonyl (C=O) groups is 1. The highest BCUT2D eigenvalue weighted by molar-refractivity contribution is 7.96. The van der Waals surface area contributed by atoms with E-state index in [1.165, 1.54) is 24.3 Å².